The Morgan fingerprint density at radius 3 is 2.33 bits per heavy atom. The molecular formula is C27H26FN3O2. The Morgan fingerprint density at radius 2 is 1.64 bits per heavy atom. The molecule has 0 saturated heterocycles. The smallest absolute Gasteiger partial charge is 0.322 e. The van der Waals surface area contributed by atoms with E-state index in [1.54, 1.807) is 4.90 Å². The SMILES string of the molecule is CCc1ccc2[nH]c(=O)c(CN(Cc3ccc(C)cc3)C(=O)Nc3ccc(F)cc3)cc2c1. The van der Waals surface area contributed by atoms with Gasteiger partial charge >= 0.3 is 6.03 Å². The van der Waals surface area contributed by atoms with Crippen molar-refractivity contribution in [2.24, 2.45) is 0 Å². The van der Waals surface area contributed by atoms with Gasteiger partial charge in [0, 0.05) is 23.3 Å². The summed E-state index contributed by atoms with van der Waals surface area (Å²) in [5, 5.41) is 3.73. The Morgan fingerprint density at radius 1 is 0.939 bits per heavy atom. The molecule has 0 aliphatic heterocycles. The minimum atomic E-state index is -0.376. The van der Waals surface area contributed by atoms with E-state index in [0.717, 1.165) is 28.5 Å². The molecule has 4 aromatic rings. The van der Waals surface area contributed by atoms with Crippen LogP contribution < -0.4 is 10.9 Å². The van der Waals surface area contributed by atoms with E-state index in [1.165, 1.54) is 29.8 Å². The molecule has 0 atom stereocenters. The standard InChI is InChI=1S/C27H26FN3O2/c1-3-19-8-13-25-21(14-19)15-22(26(32)30-25)17-31(16-20-6-4-18(2)5-7-20)27(33)29-24-11-9-23(28)10-12-24/h4-15H,3,16-17H2,1-2H3,(H,29,33)(H,30,32). The summed E-state index contributed by atoms with van der Waals surface area (Å²) in [6.45, 7) is 4.53. The highest BCUT2D eigenvalue weighted by Gasteiger charge is 2.17. The second-order valence-corrected chi connectivity index (χ2v) is 8.18. The van der Waals surface area contributed by atoms with Crippen LogP contribution in [0.5, 0.6) is 0 Å². The first kappa shape index (κ1) is 22.3. The van der Waals surface area contributed by atoms with Gasteiger partial charge in [0.15, 0.2) is 0 Å². The van der Waals surface area contributed by atoms with E-state index in [4.69, 9.17) is 0 Å². The number of carbonyl (C=O) groups excluding carboxylic acids is 1. The zero-order valence-corrected chi connectivity index (χ0v) is 18.7. The lowest BCUT2D eigenvalue weighted by Gasteiger charge is -2.23. The van der Waals surface area contributed by atoms with Crippen LogP contribution in [0.15, 0.2) is 77.6 Å². The molecule has 33 heavy (non-hydrogen) atoms. The Hall–Kier alpha value is -3.93. The van der Waals surface area contributed by atoms with E-state index in [9.17, 15) is 14.0 Å². The Bertz CT molecular complexity index is 1330. The van der Waals surface area contributed by atoms with Crippen molar-refractivity contribution in [1.29, 1.82) is 0 Å². The van der Waals surface area contributed by atoms with Crippen LogP contribution >= 0.6 is 0 Å². The molecular weight excluding hydrogens is 417 g/mol. The molecule has 2 amide bonds. The maximum absolute atomic E-state index is 13.3. The highest BCUT2D eigenvalue weighted by Crippen LogP contribution is 2.17. The number of aryl methyl sites for hydroxylation is 2. The number of rotatable bonds is 6. The van der Waals surface area contributed by atoms with Gasteiger partial charge in [0.25, 0.3) is 5.56 Å². The number of amides is 2. The predicted octanol–water partition coefficient (Wildman–Crippen LogP) is 5.77. The van der Waals surface area contributed by atoms with E-state index in [2.05, 4.69) is 23.3 Å². The molecule has 3 aromatic carbocycles. The van der Waals surface area contributed by atoms with Crippen LogP contribution in [0, 0.1) is 12.7 Å². The van der Waals surface area contributed by atoms with Crippen molar-refractivity contribution >= 4 is 22.6 Å². The average Bonchev–Trinajstić information content (AvgIpc) is 2.81. The summed E-state index contributed by atoms with van der Waals surface area (Å²) in [4.78, 5) is 30.4. The molecule has 5 nitrogen and oxygen atoms in total. The van der Waals surface area contributed by atoms with Crippen LogP contribution in [-0.4, -0.2) is 15.9 Å². The number of aromatic amines is 1. The Labute approximate surface area is 191 Å². The molecule has 2 N–H and O–H groups in total. The lowest BCUT2D eigenvalue weighted by Crippen LogP contribution is -2.35. The molecule has 0 radical (unpaired) electrons. The van der Waals surface area contributed by atoms with Crippen LogP contribution in [0.4, 0.5) is 14.9 Å². The van der Waals surface area contributed by atoms with Crippen molar-refractivity contribution in [1.82, 2.24) is 9.88 Å². The number of urea groups is 1. The third-order valence-electron chi connectivity index (χ3n) is 5.63. The molecule has 0 aliphatic rings. The van der Waals surface area contributed by atoms with Gasteiger partial charge in [0.1, 0.15) is 5.82 Å². The number of hydrogen-bond acceptors (Lipinski definition) is 2. The normalized spacial score (nSPS) is 10.9. The number of pyridine rings is 1. The summed E-state index contributed by atoms with van der Waals surface area (Å²) in [5.74, 6) is -0.376. The molecule has 1 heterocycles. The minimum Gasteiger partial charge on any atom is -0.322 e. The van der Waals surface area contributed by atoms with Crippen molar-refractivity contribution in [3.8, 4) is 0 Å². The van der Waals surface area contributed by atoms with Gasteiger partial charge in [-0.3, -0.25) is 4.79 Å². The molecule has 4 rings (SSSR count). The Kier molecular flexibility index (Phi) is 6.54. The van der Waals surface area contributed by atoms with Crippen LogP contribution in [0.1, 0.15) is 29.2 Å². The molecule has 168 valence electrons. The van der Waals surface area contributed by atoms with Gasteiger partial charge in [-0.2, -0.15) is 0 Å². The monoisotopic (exact) mass is 443 g/mol. The van der Waals surface area contributed by atoms with E-state index in [1.807, 2.05) is 49.4 Å². The second kappa shape index (κ2) is 9.69. The Balaban J connectivity index is 1.65. The van der Waals surface area contributed by atoms with Gasteiger partial charge in [-0.25, -0.2) is 9.18 Å². The molecule has 0 spiro atoms. The lowest BCUT2D eigenvalue weighted by molar-refractivity contribution is 0.206. The number of carbonyl (C=O) groups is 1. The van der Waals surface area contributed by atoms with Crippen molar-refractivity contribution in [2.75, 3.05) is 5.32 Å². The van der Waals surface area contributed by atoms with E-state index >= 15 is 0 Å². The van der Waals surface area contributed by atoms with E-state index in [0.29, 0.717) is 17.8 Å². The molecule has 0 aliphatic carbocycles. The fourth-order valence-corrected chi connectivity index (χ4v) is 3.69. The van der Waals surface area contributed by atoms with Gasteiger partial charge in [0.05, 0.1) is 6.54 Å². The lowest BCUT2D eigenvalue weighted by atomic mass is 10.1. The quantitative estimate of drug-likeness (QED) is 0.397. The molecule has 0 bridgehead atoms. The summed E-state index contributed by atoms with van der Waals surface area (Å²) in [5.41, 5.74) is 4.76. The number of hydrogen-bond donors (Lipinski definition) is 2. The maximum Gasteiger partial charge on any atom is 0.322 e. The molecule has 0 fully saturated rings. The van der Waals surface area contributed by atoms with Gasteiger partial charge in [-0.05, 0) is 72.3 Å². The summed E-state index contributed by atoms with van der Waals surface area (Å²) in [6.07, 6.45) is 0.893. The highest BCUT2D eigenvalue weighted by atomic mass is 19.1. The first-order valence-corrected chi connectivity index (χ1v) is 10.9. The van der Waals surface area contributed by atoms with Gasteiger partial charge < -0.3 is 15.2 Å². The number of fused-ring (bicyclic) bond motifs is 1. The predicted molar refractivity (Wildman–Crippen MR) is 130 cm³/mol. The number of halogens is 1. The third-order valence-corrected chi connectivity index (χ3v) is 5.63. The molecule has 0 unspecified atom stereocenters. The topological polar surface area (TPSA) is 65.2 Å². The van der Waals surface area contributed by atoms with E-state index in [-0.39, 0.29) is 24.0 Å². The third kappa shape index (κ3) is 5.47. The molecule has 0 saturated carbocycles. The van der Waals surface area contributed by atoms with Gasteiger partial charge in [-0.15, -0.1) is 0 Å². The average molecular weight is 444 g/mol. The summed E-state index contributed by atoms with van der Waals surface area (Å²) in [7, 11) is 0. The summed E-state index contributed by atoms with van der Waals surface area (Å²) < 4.78 is 13.3. The number of H-pyrrole nitrogens is 1. The molecule has 1 aromatic heterocycles. The number of aromatic nitrogens is 1. The van der Waals surface area contributed by atoms with Gasteiger partial charge in [-0.1, -0.05) is 42.8 Å². The van der Waals surface area contributed by atoms with Crippen LogP contribution in [0.25, 0.3) is 10.9 Å². The molecule has 6 heteroatoms. The summed E-state index contributed by atoms with van der Waals surface area (Å²) in [6, 6.07) is 20.9. The number of benzene rings is 3. The van der Waals surface area contributed by atoms with Crippen molar-refractivity contribution in [3.05, 3.63) is 111 Å². The number of nitrogens with one attached hydrogen (secondary N) is 2. The highest BCUT2D eigenvalue weighted by molar-refractivity contribution is 5.89. The van der Waals surface area contributed by atoms with Crippen molar-refractivity contribution < 1.29 is 9.18 Å². The zero-order chi connectivity index (χ0) is 23.4. The largest absolute Gasteiger partial charge is 0.322 e. The number of nitrogens with zero attached hydrogens (tertiary/aromatic N) is 1. The maximum atomic E-state index is 13.3. The van der Waals surface area contributed by atoms with Crippen molar-refractivity contribution in [3.63, 3.8) is 0 Å². The van der Waals surface area contributed by atoms with Crippen molar-refractivity contribution in [2.45, 2.75) is 33.4 Å². The van der Waals surface area contributed by atoms with Crippen LogP contribution in [0.2, 0.25) is 0 Å². The second-order valence-electron chi connectivity index (χ2n) is 8.18. The zero-order valence-electron chi connectivity index (χ0n) is 18.7. The van der Waals surface area contributed by atoms with Crippen LogP contribution in [-0.2, 0) is 19.5 Å². The number of anilines is 1. The van der Waals surface area contributed by atoms with E-state index < -0.39 is 0 Å². The fourth-order valence-electron chi connectivity index (χ4n) is 3.69. The summed E-state index contributed by atoms with van der Waals surface area (Å²) >= 11 is 0. The van der Waals surface area contributed by atoms with Gasteiger partial charge in [0.2, 0.25) is 0 Å². The first-order valence-electron chi connectivity index (χ1n) is 10.9. The minimum absolute atomic E-state index is 0.128. The van der Waals surface area contributed by atoms with Crippen LogP contribution in [0.3, 0.4) is 0 Å². The fraction of sp³-hybridized carbons (Fsp3) is 0.185. The first-order chi connectivity index (χ1) is 15.9.